The third-order valence-electron chi connectivity index (χ3n) is 4.52. The molecule has 0 spiro atoms. The normalized spacial score (nSPS) is 11.1. The lowest BCUT2D eigenvalue weighted by Gasteiger charge is -2.07. The van der Waals surface area contributed by atoms with Gasteiger partial charge in [-0.2, -0.15) is 10.2 Å². The molecule has 28 heavy (non-hydrogen) atoms. The van der Waals surface area contributed by atoms with Crippen molar-refractivity contribution in [1.82, 2.24) is 24.9 Å². The second-order valence-corrected chi connectivity index (χ2v) is 6.46. The fourth-order valence-corrected chi connectivity index (χ4v) is 3.20. The lowest BCUT2D eigenvalue weighted by molar-refractivity contribution is -0.122. The van der Waals surface area contributed by atoms with Crippen LogP contribution in [0.25, 0.3) is 16.6 Å². The highest BCUT2D eigenvalue weighted by Gasteiger charge is 2.18. The molecule has 0 bridgehead atoms. The average molecular weight is 377 g/mol. The van der Waals surface area contributed by atoms with E-state index in [1.807, 2.05) is 44.2 Å². The van der Waals surface area contributed by atoms with Crippen molar-refractivity contribution in [3.05, 3.63) is 76.2 Å². The second kappa shape index (κ2) is 7.15. The number of benzene rings is 1. The van der Waals surface area contributed by atoms with E-state index >= 15 is 0 Å². The fourth-order valence-electron chi connectivity index (χ4n) is 3.20. The molecule has 0 fully saturated rings. The Morgan fingerprint density at radius 1 is 1.11 bits per heavy atom. The van der Waals surface area contributed by atoms with Crippen molar-refractivity contribution in [3.63, 3.8) is 0 Å². The summed E-state index contributed by atoms with van der Waals surface area (Å²) < 4.78 is 8.05. The zero-order chi connectivity index (χ0) is 19.7. The van der Waals surface area contributed by atoms with E-state index in [1.165, 1.54) is 6.26 Å². The SMILES string of the molecule is Cc1nn(CC(=O)NCc2ccco2)c(=O)c2nn(-c3ccccc3)c(C)c12. The molecule has 0 aliphatic rings. The molecule has 1 aromatic carbocycles. The van der Waals surface area contributed by atoms with Gasteiger partial charge in [0, 0.05) is 0 Å². The van der Waals surface area contributed by atoms with Gasteiger partial charge in [-0.15, -0.1) is 0 Å². The molecule has 3 aromatic heterocycles. The first-order valence-electron chi connectivity index (χ1n) is 8.86. The maximum atomic E-state index is 12.9. The molecule has 3 heterocycles. The number of nitrogens with zero attached hydrogens (tertiary/aromatic N) is 4. The Hall–Kier alpha value is -3.68. The Labute approximate surface area is 160 Å². The summed E-state index contributed by atoms with van der Waals surface area (Å²) >= 11 is 0. The number of aryl methyl sites for hydroxylation is 2. The average Bonchev–Trinajstić information content (AvgIpc) is 3.33. The minimum Gasteiger partial charge on any atom is -0.467 e. The van der Waals surface area contributed by atoms with Gasteiger partial charge in [-0.1, -0.05) is 18.2 Å². The quantitative estimate of drug-likeness (QED) is 0.575. The molecule has 0 radical (unpaired) electrons. The molecule has 142 valence electrons. The lowest BCUT2D eigenvalue weighted by Crippen LogP contribution is -2.33. The van der Waals surface area contributed by atoms with Crippen LogP contribution in [-0.2, 0) is 17.9 Å². The van der Waals surface area contributed by atoms with Crippen LogP contribution in [-0.4, -0.2) is 25.5 Å². The van der Waals surface area contributed by atoms with Gasteiger partial charge in [0.2, 0.25) is 5.91 Å². The molecule has 1 amide bonds. The van der Waals surface area contributed by atoms with Crippen molar-refractivity contribution in [3.8, 4) is 5.69 Å². The summed E-state index contributed by atoms with van der Waals surface area (Å²) in [4.78, 5) is 25.1. The predicted molar refractivity (Wildman–Crippen MR) is 103 cm³/mol. The van der Waals surface area contributed by atoms with Crippen LogP contribution in [0.15, 0.2) is 57.9 Å². The van der Waals surface area contributed by atoms with Gasteiger partial charge in [0.15, 0.2) is 5.52 Å². The smallest absolute Gasteiger partial charge is 0.295 e. The number of rotatable bonds is 5. The standard InChI is InChI=1S/C20H19N5O3/c1-13-18-14(2)25(15-7-4-3-5-8-15)23-19(18)20(27)24(22-13)12-17(26)21-11-16-9-6-10-28-16/h3-10H,11-12H2,1-2H3,(H,21,26). The molecule has 4 rings (SSSR count). The lowest BCUT2D eigenvalue weighted by atomic mass is 10.2. The van der Waals surface area contributed by atoms with Gasteiger partial charge in [-0.3, -0.25) is 9.59 Å². The number of hydrogen-bond acceptors (Lipinski definition) is 5. The van der Waals surface area contributed by atoms with Crippen LogP contribution in [0.4, 0.5) is 0 Å². The number of nitrogens with one attached hydrogen (secondary N) is 1. The monoisotopic (exact) mass is 377 g/mol. The summed E-state index contributed by atoms with van der Waals surface area (Å²) in [5, 5.41) is 12.2. The number of amides is 1. The number of furan rings is 1. The highest BCUT2D eigenvalue weighted by Crippen LogP contribution is 2.20. The maximum absolute atomic E-state index is 12.9. The van der Waals surface area contributed by atoms with Crippen molar-refractivity contribution in [2.24, 2.45) is 0 Å². The molecule has 0 aliphatic heterocycles. The van der Waals surface area contributed by atoms with Crippen LogP contribution in [0.1, 0.15) is 17.1 Å². The van der Waals surface area contributed by atoms with E-state index < -0.39 is 5.56 Å². The predicted octanol–water partition coefficient (Wildman–Crippen LogP) is 2.11. The minimum atomic E-state index is -0.397. The number of carbonyl (C=O) groups is 1. The van der Waals surface area contributed by atoms with E-state index in [2.05, 4.69) is 15.5 Å². The van der Waals surface area contributed by atoms with E-state index in [-0.39, 0.29) is 19.0 Å². The number of fused-ring (bicyclic) bond motifs is 1. The van der Waals surface area contributed by atoms with E-state index in [0.717, 1.165) is 16.1 Å². The van der Waals surface area contributed by atoms with E-state index in [0.29, 0.717) is 22.4 Å². The summed E-state index contributed by atoms with van der Waals surface area (Å²) in [5.74, 6) is 0.307. The second-order valence-electron chi connectivity index (χ2n) is 6.46. The summed E-state index contributed by atoms with van der Waals surface area (Å²) in [6.07, 6.45) is 1.54. The van der Waals surface area contributed by atoms with E-state index in [9.17, 15) is 9.59 Å². The van der Waals surface area contributed by atoms with Crippen LogP contribution in [0.2, 0.25) is 0 Å². The molecule has 0 saturated carbocycles. The molecule has 8 heteroatoms. The molecular weight excluding hydrogens is 358 g/mol. The van der Waals surface area contributed by atoms with E-state index in [1.54, 1.807) is 16.8 Å². The highest BCUT2D eigenvalue weighted by molar-refractivity contribution is 5.83. The molecule has 4 aromatic rings. The third-order valence-corrected chi connectivity index (χ3v) is 4.52. The topological polar surface area (TPSA) is 94.9 Å². The Kier molecular flexibility index (Phi) is 4.52. The van der Waals surface area contributed by atoms with Crippen molar-refractivity contribution < 1.29 is 9.21 Å². The van der Waals surface area contributed by atoms with Gasteiger partial charge < -0.3 is 9.73 Å². The summed E-state index contributed by atoms with van der Waals surface area (Å²) in [7, 11) is 0. The van der Waals surface area contributed by atoms with Gasteiger partial charge >= 0.3 is 0 Å². The number of hydrogen-bond donors (Lipinski definition) is 1. The van der Waals surface area contributed by atoms with Gasteiger partial charge in [0.05, 0.1) is 35.3 Å². The molecule has 0 aliphatic carbocycles. The molecule has 0 atom stereocenters. The van der Waals surface area contributed by atoms with Crippen LogP contribution >= 0.6 is 0 Å². The first-order chi connectivity index (χ1) is 13.5. The summed E-state index contributed by atoms with van der Waals surface area (Å²) in [6, 6.07) is 13.1. The summed E-state index contributed by atoms with van der Waals surface area (Å²) in [5.41, 5.74) is 2.24. The fraction of sp³-hybridized carbons (Fsp3) is 0.200. The third kappa shape index (κ3) is 3.20. The van der Waals surface area contributed by atoms with Gasteiger partial charge in [0.1, 0.15) is 12.3 Å². The van der Waals surface area contributed by atoms with Crippen LogP contribution in [0, 0.1) is 13.8 Å². The Morgan fingerprint density at radius 2 is 1.89 bits per heavy atom. The molecule has 1 N–H and O–H groups in total. The van der Waals surface area contributed by atoms with Crippen molar-refractivity contribution >= 4 is 16.8 Å². The summed E-state index contributed by atoms with van der Waals surface area (Å²) in [6.45, 7) is 3.77. The van der Waals surface area contributed by atoms with Gasteiger partial charge in [0.25, 0.3) is 5.56 Å². The first-order valence-corrected chi connectivity index (χ1v) is 8.86. The maximum Gasteiger partial charge on any atom is 0.295 e. The van der Waals surface area contributed by atoms with Gasteiger partial charge in [-0.25, -0.2) is 9.36 Å². The first kappa shape index (κ1) is 17.7. The van der Waals surface area contributed by atoms with Crippen molar-refractivity contribution in [2.45, 2.75) is 26.9 Å². The zero-order valence-corrected chi connectivity index (χ0v) is 15.5. The van der Waals surface area contributed by atoms with Crippen LogP contribution in [0.5, 0.6) is 0 Å². The van der Waals surface area contributed by atoms with E-state index in [4.69, 9.17) is 4.42 Å². The Morgan fingerprint density at radius 3 is 2.61 bits per heavy atom. The van der Waals surface area contributed by atoms with Crippen LogP contribution in [0.3, 0.4) is 0 Å². The Bertz CT molecular complexity index is 1190. The zero-order valence-electron chi connectivity index (χ0n) is 15.5. The van der Waals surface area contributed by atoms with Crippen LogP contribution < -0.4 is 10.9 Å². The van der Waals surface area contributed by atoms with Crippen molar-refractivity contribution in [1.29, 1.82) is 0 Å². The van der Waals surface area contributed by atoms with Crippen molar-refractivity contribution in [2.75, 3.05) is 0 Å². The number of carbonyl (C=O) groups excluding carboxylic acids is 1. The minimum absolute atomic E-state index is 0.187. The highest BCUT2D eigenvalue weighted by atomic mass is 16.3. The Balaban J connectivity index is 1.66. The number of para-hydroxylation sites is 1. The number of aromatic nitrogens is 4. The molecular formula is C20H19N5O3. The van der Waals surface area contributed by atoms with Gasteiger partial charge in [-0.05, 0) is 38.1 Å². The largest absolute Gasteiger partial charge is 0.467 e. The molecule has 8 nitrogen and oxygen atoms in total. The molecule has 0 saturated heterocycles. The molecule has 0 unspecified atom stereocenters.